The summed E-state index contributed by atoms with van der Waals surface area (Å²) in [5.41, 5.74) is 4.44. The number of phenols is 2. The van der Waals surface area contributed by atoms with Crippen molar-refractivity contribution >= 4 is 12.6 Å². The smallest absolute Gasteiger partial charge is 0.150 e. The first-order valence-electron chi connectivity index (χ1n) is 6.81. The fourth-order valence-corrected chi connectivity index (χ4v) is 1.91. The van der Waals surface area contributed by atoms with E-state index in [9.17, 15) is 19.8 Å². The van der Waals surface area contributed by atoms with Crippen LogP contribution in [0.2, 0.25) is 0 Å². The second kappa shape index (κ2) is 7.41. The molecular weight excluding hydrogens is 280 g/mol. The lowest BCUT2D eigenvalue weighted by molar-refractivity contribution is 0.111. The molecule has 2 aromatic carbocycles. The summed E-state index contributed by atoms with van der Waals surface area (Å²) in [5.74, 6) is 0.487. The Morgan fingerprint density at radius 1 is 0.727 bits per heavy atom. The molecule has 4 heteroatoms. The quantitative estimate of drug-likeness (QED) is 0.830. The van der Waals surface area contributed by atoms with E-state index in [4.69, 9.17) is 0 Å². The van der Waals surface area contributed by atoms with Crippen molar-refractivity contribution in [3.05, 3.63) is 57.6 Å². The van der Waals surface area contributed by atoms with E-state index in [1.165, 1.54) is 6.07 Å². The molecule has 0 atom stereocenters. The Morgan fingerprint density at radius 3 is 1.86 bits per heavy atom. The Morgan fingerprint density at radius 2 is 1.32 bits per heavy atom. The summed E-state index contributed by atoms with van der Waals surface area (Å²) in [6.45, 7) is 7.17. The number of carbonyl (C=O) groups is 2. The van der Waals surface area contributed by atoms with Gasteiger partial charge in [0.2, 0.25) is 0 Å². The van der Waals surface area contributed by atoms with Gasteiger partial charge >= 0.3 is 0 Å². The molecule has 0 bridgehead atoms. The third-order valence-electron chi connectivity index (χ3n) is 3.64. The number of phenolic OH excluding ortho intramolecular Hbond substituents is 2. The lowest BCUT2D eigenvalue weighted by Gasteiger charge is -2.04. The van der Waals surface area contributed by atoms with Crippen molar-refractivity contribution in [3.63, 3.8) is 0 Å². The maximum atomic E-state index is 10.4. The van der Waals surface area contributed by atoms with Gasteiger partial charge in [-0.3, -0.25) is 9.59 Å². The largest absolute Gasteiger partial charge is 0.508 e. The van der Waals surface area contributed by atoms with Crippen molar-refractivity contribution in [2.75, 3.05) is 0 Å². The lowest BCUT2D eigenvalue weighted by Crippen LogP contribution is -1.89. The van der Waals surface area contributed by atoms with Crippen molar-refractivity contribution in [2.24, 2.45) is 0 Å². The zero-order valence-corrected chi connectivity index (χ0v) is 13.2. The minimum absolute atomic E-state index is 0.244. The van der Waals surface area contributed by atoms with Crippen LogP contribution in [0.3, 0.4) is 0 Å². The Hall–Kier alpha value is -2.62. The van der Waals surface area contributed by atoms with Crippen LogP contribution >= 0.6 is 0 Å². The molecule has 0 aliphatic heterocycles. The van der Waals surface area contributed by atoms with Crippen molar-refractivity contribution in [1.29, 1.82) is 0 Å². The zero-order chi connectivity index (χ0) is 16.9. The summed E-state index contributed by atoms with van der Waals surface area (Å²) >= 11 is 0. The van der Waals surface area contributed by atoms with E-state index < -0.39 is 0 Å². The molecule has 0 aliphatic rings. The molecular formula is C18H20O4. The SMILES string of the molecule is Cc1c(O)ccc(C=O)c1C.Cc1cc(C=O)c(C)cc1O. The van der Waals surface area contributed by atoms with Gasteiger partial charge in [0.25, 0.3) is 0 Å². The minimum atomic E-state index is 0.244. The van der Waals surface area contributed by atoms with E-state index in [1.807, 2.05) is 6.92 Å². The molecule has 0 amide bonds. The van der Waals surface area contributed by atoms with Crippen molar-refractivity contribution in [1.82, 2.24) is 0 Å². The molecule has 0 fully saturated rings. The maximum absolute atomic E-state index is 10.4. The van der Waals surface area contributed by atoms with Crippen LogP contribution in [0.4, 0.5) is 0 Å². The first-order chi connectivity index (χ1) is 10.3. The Labute approximate surface area is 130 Å². The number of aromatic hydroxyl groups is 2. The van der Waals surface area contributed by atoms with Gasteiger partial charge in [0.15, 0.2) is 0 Å². The number of hydrogen-bond donors (Lipinski definition) is 2. The standard InChI is InChI=1S/2C9H10O2/c1-6-4-9(11)7(2)3-8(6)5-10;1-6-7(2)9(11)4-3-8(6)5-10/h2*3-5,11H,1-2H3. The molecule has 2 aromatic rings. The molecule has 0 saturated heterocycles. The number of carbonyl (C=O) groups excluding carboxylic acids is 2. The fourth-order valence-electron chi connectivity index (χ4n) is 1.91. The van der Waals surface area contributed by atoms with Gasteiger partial charge in [-0.1, -0.05) is 0 Å². The minimum Gasteiger partial charge on any atom is -0.508 e. The summed E-state index contributed by atoms with van der Waals surface area (Å²) in [6.07, 6.45) is 1.59. The molecule has 0 spiro atoms. The highest BCUT2D eigenvalue weighted by molar-refractivity contribution is 5.78. The molecule has 2 rings (SSSR count). The molecule has 22 heavy (non-hydrogen) atoms. The summed E-state index contributed by atoms with van der Waals surface area (Å²) < 4.78 is 0. The van der Waals surface area contributed by atoms with Gasteiger partial charge in [-0.05, 0) is 74.2 Å². The van der Waals surface area contributed by atoms with Crippen molar-refractivity contribution < 1.29 is 19.8 Å². The van der Waals surface area contributed by atoms with E-state index in [-0.39, 0.29) is 11.5 Å². The second-order valence-corrected chi connectivity index (χ2v) is 5.15. The van der Waals surface area contributed by atoms with Gasteiger partial charge in [-0.25, -0.2) is 0 Å². The first kappa shape index (κ1) is 17.4. The van der Waals surface area contributed by atoms with Gasteiger partial charge in [0.1, 0.15) is 24.1 Å². The highest BCUT2D eigenvalue weighted by Gasteiger charge is 2.03. The van der Waals surface area contributed by atoms with Gasteiger partial charge in [-0.15, -0.1) is 0 Å². The Balaban J connectivity index is 0.000000220. The topological polar surface area (TPSA) is 74.6 Å². The molecule has 2 N–H and O–H groups in total. The molecule has 0 heterocycles. The van der Waals surface area contributed by atoms with Crippen LogP contribution in [0.25, 0.3) is 0 Å². The normalized spacial score (nSPS) is 9.64. The van der Waals surface area contributed by atoms with Crippen LogP contribution in [0.5, 0.6) is 11.5 Å². The summed E-state index contributed by atoms with van der Waals surface area (Å²) in [4.78, 5) is 20.8. The van der Waals surface area contributed by atoms with Gasteiger partial charge < -0.3 is 10.2 Å². The van der Waals surface area contributed by atoms with Gasteiger partial charge in [0.05, 0.1) is 0 Å². The Kier molecular flexibility index (Phi) is 5.87. The molecule has 0 aromatic heterocycles. The predicted molar refractivity (Wildman–Crippen MR) is 85.9 cm³/mol. The van der Waals surface area contributed by atoms with Crippen molar-refractivity contribution in [2.45, 2.75) is 27.7 Å². The van der Waals surface area contributed by atoms with Crippen LogP contribution in [0.15, 0.2) is 24.3 Å². The zero-order valence-electron chi connectivity index (χ0n) is 13.2. The fraction of sp³-hybridized carbons (Fsp3) is 0.222. The van der Waals surface area contributed by atoms with Crippen molar-refractivity contribution in [3.8, 4) is 11.5 Å². The molecule has 4 nitrogen and oxygen atoms in total. The van der Waals surface area contributed by atoms with E-state index in [0.29, 0.717) is 11.1 Å². The molecule has 116 valence electrons. The van der Waals surface area contributed by atoms with Crippen LogP contribution in [-0.4, -0.2) is 22.8 Å². The van der Waals surface area contributed by atoms with Crippen LogP contribution in [-0.2, 0) is 0 Å². The maximum Gasteiger partial charge on any atom is 0.150 e. The van der Waals surface area contributed by atoms with E-state index >= 15 is 0 Å². The van der Waals surface area contributed by atoms with E-state index in [0.717, 1.165) is 34.8 Å². The highest BCUT2D eigenvalue weighted by Crippen LogP contribution is 2.21. The average molecular weight is 300 g/mol. The average Bonchev–Trinajstić information content (AvgIpc) is 2.49. The number of aldehydes is 2. The lowest BCUT2D eigenvalue weighted by atomic mass is 10.0. The van der Waals surface area contributed by atoms with Crippen LogP contribution in [0.1, 0.15) is 43.0 Å². The predicted octanol–water partition coefficient (Wildman–Crippen LogP) is 3.64. The number of benzene rings is 2. The highest BCUT2D eigenvalue weighted by atomic mass is 16.3. The van der Waals surface area contributed by atoms with Gasteiger partial charge in [0, 0.05) is 11.1 Å². The first-order valence-corrected chi connectivity index (χ1v) is 6.81. The van der Waals surface area contributed by atoms with E-state index in [2.05, 4.69) is 0 Å². The Bertz CT molecular complexity index is 697. The number of rotatable bonds is 2. The third-order valence-corrected chi connectivity index (χ3v) is 3.64. The summed E-state index contributed by atoms with van der Waals surface area (Å²) in [7, 11) is 0. The number of aryl methyl sites for hydroxylation is 2. The molecule has 0 aliphatic carbocycles. The van der Waals surface area contributed by atoms with Crippen LogP contribution < -0.4 is 0 Å². The van der Waals surface area contributed by atoms with Crippen LogP contribution in [0, 0.1) is 27.7 Å². The molecule has 0 saturated carbocycles. The summed E-state index contributed by atoms with van der Waals surface area (Å²) in [6, 6.07) is 6.42. The monoisotopic (exact) mass is 300 g/mol. The molecule has 0 unspecified atom stereocenters. The van der Waals surface area contributed by atoms with E-state index in [1.54, 1.807) is 39.0 Å². The third kappa shape index (κ3) is 3.95. The van der Waals surface area contributed by atoms with Gasteiger partial charge in [-0.2, -0.15) is 0 Å². The summed E-state index contributed by atoms with van der Waals surface area (Å²) in [5, 5.41) is 18.4. The molecule has 0 radical (unpaired) electrons. The number of hydrogen-bond acceptors (Lipinski definition) is 4. The second-order valence-electron chi connectivity index (χ2n) is 5.15.